The second kappa shape index (κ2) is 3.12. The van der Waals surface area contributed by atoms with Crippen molar-refractivity contribution in [2.75, 3.05) is 7.11 Å². The number of benzene rings is 1. The summed E-state index contributed by atoms with van der Waals surface area (Å²) in [5, 5.41) is 1.47. The summed E-state index contributed by atoms with van der Waals surface area (Å²) in [5.41, 5.74) is 3.03. The Morgan fingerprint density at radius 2 is 1.64 bits per heavy atom. The van der Waals surface area contributed by atoms with Gasteiger partial charge in [0.05, 0.1) is 15.2 Å². The monoisotopic (exact) mass is 206 g/mol. The van der Waals surface area contributed by atoms with Crippen molar-refractivity contribution in [1.82, 2.24) is 0 Å². The Morgan fingerprint density at radius 3 is 2.07 bits per heavy atom. The summed E-state index contributed by atoms with van der Waals surface area (Å²) in [6.07, 6.45) is 2.49. The third-order valence-corrected chi connectivity index (χ3v) is 5.00. The van der Waals surface area contributed by atoms with Gasteiger partial charge < -0.3 is 4.74 Å². The molecule has 0 aromatic heterocycles. The fourth-order valence-electron chi connectivity index (χ4n) is 1.98. The van der Waals surface area contributed by atoms with Gasteiger partial charge in [0.2, 0.25) is 0 Å². The average molecular weight is 206 g/mol. The minimum absolute atomic E-state index is 1.11. The summed E-state index contributed by atoms with van der Waals surface area (Å²) < 4.78 is 5.48. The lowest BCUT2D eigenvalue weighted by molar-refractivity contribution is 0.416. The van der Waals surface area contributed by atoms with Crippen LogP contribution < -0.4 is 9.92 Å². The molecule has 0 unspecified atom stereocenters. The van der Waals surface area contributed by atoms with Crippen molar-refractivity contribution in [2.45, 2.75) is 32.5 Å². The van der Waals surface area contributed by atoms with E-state index in [0.717, 1.165) is 5.75 Å². The van der Waals surface area contributed by atoms with Crippen LogP contribution in [0.1, 0.15) is 11.1 Å². The molecule has 2 heteroatoms. The maximum absolute atomic E-state index is 5.48. The van der Waals surface area contributed by atoms with Crippen molar-refractivity contribution in [1.29, 1.82) is 0 Å². The van der Waals surface area contributed by atoms with Gasteiger partial charge in [0.1, 0.15) is 5.75 Å². The molecular weight excluding hydrogens is 188 g/mol. The van der Waals surface area contributed by atoms with Crippen molar-refractivity contribution >= 4 is 13.3 Å². The van der Waals surface area contributed by atoms with Gasteiger partial charge in [-0.25, -0.2) is 0 Å². The molecular formula is C12H18OSi. The van der Waals surface area contributed by atoms with E-state index in [1.54, 1.807) is 12.7 Å². The molecule has 0 fully saturated rings. The van der Waals surface area contributed by atoms with Gasteiger partial charge in [0.15, 0.2) is 0 Å². The molecule has 14 heavy (non-hydrogen) atoms. The summed E-state index contributed by atoms with van der Waals surface area (Å²) >= 11 is 0. The van der Waals surface area contributed by atoms with Gasteiger partial charge in [-0.15, -0.1) is 0 Å². The summed E-state index contributed by atoms with van der Waals surface area (Å²) in [4.78, 5) is 0. The molecule has 1 aliphatic carbocycles. The molecule has 0 heterocycles. The highest BCUT2D eigenvalue weighted by Gasteiger charge is 2.25. The predicted octanol–water partition coefficient (Wildman–Crippen LogP) is 2.34. The Hall–Kier alpha value is -0.763. The Bertz CT molecular complexity index is 363. The van der Waals surface area contributed by atoms with Crippen molar-refractivity contribution in [3.8, 4) is 5.75 Å². The Labute approximate surface area is 87.1 Å². The molecule has 0 atom stereocenters. The standard InChI is InChI=1S/C12H18OSi/c1-13-11-7-9-5-6-10(9)8-12(11)14(2,3)4/h7-8H,5-6H2,1-4H3. The van der Waals surface area contributed by atoms with Crippen molar-refractivity contribution in [2.24, 2.45) is 0 Å². The van der Waals surface area contributed by atoms with E-state index in [9.17, 15) is 0 Å². The summed E-state index contributed by atoms with van der Waals surface area (Å²) in [5.74, 6) is 1.11. The highest BCUT2D eigenvalue weighted by Crippen LogP contribution is 2.27. The lowest BCUT2D eigenvalue weighted by atomic mass is 9.88. The molecule has 0 N–H and O–H groups in total. The summed E-state index contributed by atoms with van der Waals surface area (Å²) in [6.45, 7) is 7.11. The molecule has 1 aliphatic rings. The van der Waals surface area contributed by atoms with Crippen molar-refractivity contribution < 1.29 is 4.74 Å². The van der Waals surface area contributed by atoms with Crippen LogP contribution in [0.3, 0.4) is 0 Å². The van der Waals surface area contributed by atoms with Crippen LogP contribution in [0.2, 0.25) is 19.6 Å². The maximum Gasteiger partial charge on any atom is 0.118 e. The fourth-order valence-corrected chi connectivity index (χ4v) is 3.50. The van der Waals surface area contributed by atoms with Crippen molar-refractivity contribution in [3.63, 3.8) is 0 Å². The predicted molar refractivity (Wildman–Crippen MR) is 63.4 cm³/mol. The SMILES string of the molecule is COc1cc2c(cc1[Si](C)(C)C)CC2. The summed E-state index contributed by atoms with van der Waals surface area (Å²) in [6, 6.07) is 4.62. The molecule has 0 spiro atoms. The second-order valence-electron chi connectivity index (χ2n) is 5.07. The number of hydrogen-bond acceptors (Lipinski definition) is 1. The van der Waals surface area contributed by atoms with Crippen LogP contribution in [0, 0.1) is 0 Å². The third-order valence-electron chi connectivity index (χ3n) is 2.99. The molecule has 0 saturated carbocycles. The molecule has 1 nitrogen and oxygen atoms in total. The number of aryl methyl sites for hydroxylation is 2. The topological polar surface area (TPSA) is 9.23 Å². The number of rotatable bonds is 2. The third kappa shape index (κ3) is 1.48. The first-order valence-corrected chi connectivity index (χ1v) is 8.72. The number of methoxy groups -OCH3 is 1. The van der Waals surface area contributed by atoms with E-state index in [1.165, 1.54) is 23.6 Å². The van der Waals surface area contributed by atoms with Gasteiger partial charge >= 0.3 is 0 Å². The first kappa shape index (κ1) is 9.78. The zero-order valence-corrected chi connectivity index (χ0v) is 10.5. The van der Waals surface area contributed by atoms with E-state index in [4.69, 9.17) is 4.74 Å². The first-order valence-electron chi connectivity index (χ1n) is 5.22. The molecule has 0 radical (unpaired) electrons. The largest absolute Gasteiger partial charge is 0.497 e. The minimum Gasteiger partial charge on any atom is -0.497 e. The molecule has 0 amide bonds. The molecule has 0 aliphatic heterocycles. The van der Waals surface area contributed by atoms with Gasteiger partial charge in [-0.2, -0.15) is 0 Å². The molecule has 0 saturated heterocycles. The lowest BCUT2D eigenvalue weighted by Crippen LogP contribution is -2.39. The van der Waals surface area contributed by atoms with E-state index in [2.05, 4.69) is 31.8 Å². The highest BCUT2D eigenvalue weighted by atomic mass is 28.3. The first-order chi connectivity index (χ1) is 6.52. The zero-order valence-electron chi connectivity index (χ0n) is 9.48. The Morgan fingerprint density at radius 1 is 1.07 bits per heavy atom. The van der Waals surface area contributed by atoms with E-state index in [0.29, 0.717) is 0 Å². The second-order valence-corrected chi connectivity index (χ2v) is 10.1. The van der Waals surface area contributed by atoms with Gasteiger partial charge in [-0.1, -0.05) is 25.7 Å². The van der Waals surface area contributed by atoms with Gasteiger partial charge in [0, 0.05) is 0 Å². The number of hydrogen-bond donors (Lipinski definition) is 0. The van der Waals surface area contributed by atoms with Gasteiger partial charge in [-0.3, -0.25) is 0 Å². The molecule has 2 rings (SSSR count). The van der Waals surface area contributed by atoms with Crippen LogP contribution in [-0.4, -0.2) is 15.2 Å². The number of fused-ring (bicyclic) bond motifs is 1. The van der Waals surface area contributed by atoms with Gasteiger partial charge in [0.25, 0.3) is 0 Å². The fraction of sp³-hybridized carbons (Fsp3) is 0.500. The van der Waals surface area contributed by atoms with Crippen LogP contribution in [0.4, 0.5) is 0 Å². The van der Waals surface area contributed by atoms with E-state index in [-0.39, 0.29) is 0 Å². The average Bonchev–Trinajstić information content (AvgIpc) is 2.05. The Balaban J connectivity index is 2.53. The van der Waals surface area contributed by atoms with Crippen LogP contribution in [0.25, 0.3) is 0 Å². The minimum atomic E-state index is -1.24. The van der Waals surface area contributed by atoms with E-state index >= 15 is 0 Å². The quantitative estimate of drug-likeness (QED) is 0.675. The molecule has 76 valence electrons. The lowest BCUT2D eigenvalue weighted by Gasteiger charge is -2.26. The Kier molecular flexibility index (Phi) is 2.18. The maximum atomic E-state index is 5.48. The molecule has 1 aromatic carbocycles. The van der Waals surface area contributed by atoms with Crippen LogP contribution in [0.5, 0.6) is 5.75 Å². The summed E-state index contributed by atoms with van der Waals surface area (Å²) in [7, 11) is 0.537. The normalized spacial score (nSPS) is 14.6. The van der Waals surface area contributed by atoms with Crippen molar-refractivity contribution in [3.05, 3.63) is 23.3 Å². The molecule has 0 bridgehead atoms. The van der Waals surface area contributed by atoms with E-state index < -0.39 is 8.07 Å². The smallest absolute Gasteiger partial charge is 0.118 e. The molecule has 1 aromatic rings. The van der Waals surface area contributed by atoms with Crippen LogP contribution in [0.15, 0.2) is 12.1 Å². The zero-order chi connectivity index (χ0) is 10.3. The van der Waals surface area contributed by atoms with E-state index in [1.807, 2.05) is 0 Å². The van der Waals surface area contributed by atoms with Gasteiger partial charge in [-0.05, 0) is 35.2 Å². The highest BCUT2D eigenvalue weighted by molar-refractivity contribution is 6.89. The number of ether oxygens (including phenoxy) is 1. The van der Waals surface area contributed by atoms with Crippen LogP contribution in [-0.2, 0) is 12.8 Å². The van der Waals surface area contributed by atoms with Crippen LogP contribution >= 0.6 is 0 Å².